The van der Waals surface area contributed by atoms with Gasteiger partial charge in [-0.3, -0.25) is 9.59 Å². The average Bonchev–Trinajstić information content (AvgIpc) is 2.86. The molecule has 1 aliphatic carbocycles. The second-order valence-electron chi connectivity index (χ2n) is 7.99. The molecule has 6 nitrogen and oxygen atoms in total. The number of carbonyl (C=O) groups is 2. The molecule has 24 heavy (non-hydrogen) atoms. The van der Waals surface area contributed by atoms with Crippen molar-refractivity contribution in [3.63, 3.8) is 0 Å². The molecule has 3 rings (SSSR count). The molecule has 3 fully saturated rings. The quantitative estimate of drug-likeness (QED) is 0.758. The van der Waals surface area contributed by atoms with Gasteiger partial charge in [0.15, 0.2) is 0 Å². The summed E-state index contributed by atoms with van der Waals surface area (Å²) < 4.78 is 10.7. The average molecular weight is 338 g/mol. The first-order valence-electron chi connectivity index (χ1n) is 9.11. The summed E-state index contributed by atoms with van der Waals surface area (Å²) in [5.74, 6) is 0.292. The van der Waals surface area contributed by atoms with E-state index < -0.39 is 5.41 Å². The van der Waals surface area contributed by atoms with E-state index in [2.05, 4.69) is 20.8 Å². The van der Waals surface area contributed by atoms with E-state index in [4.69, 9.17) is 9.47 Å². The summed E-state index contributed by atoms with van der Waals surface area (Å²) in [6, 6.07) is 0. The van der Waals surface area contributed by atoms with Crippen molar-refractivity contribution in [1.82, 2.24) is 9.80 Å². The normalized spacial score (nSPS) is 33.5. The molecular formula is C18H30N2O4. The fraction of sp³-hybridized carbons (Fsp3) is 0.889. The molecule has 136 valence electrons. The Labute approximate surface area is 144 Å². The summed E-state index contributed by atoms with van der Waals surface area (Å²) in [6.45, 7) is 11.3. The van der Waals surface area contributed by atoms with Gasteiger partial charge in [-0.15, -0.1) is 0 Å². The number of amides is 2. The lowest BCUT2D eigenvalue weighted by molar-refractivity contribution is -0.155. The van der Waals surface area contributed by atoms with Gasteiger partial charge in [-0.25, -0.2) is 0 Å². The number of rotatable bonds is 2. The predicted octanol–water partition coefficient (Wildman–Crippen LogP) is 1.15. The maximum atomic E-state index is 13.2. The lowest BCUT2D eigenvalue weighted by Gasteiger charge is -2.44. The zero-order valence-corrected chi connectivity index (χ0v) is 15.2. The largest absolute Gasteiger partial charge is 0.378 e. The van der Waals surface area contributed by atoms with Gasteiger partial charge < -0.3 is 19.3 Å². The maximum absolute atomic E-state index is 13.2. The van der Waals surface area contributed by atoms with Gasteiger partial charge >= 0.3 is 0 Å². The second-order valence-corrected chi connectivity index (χ2v) is 7.99. The number of carbonyl (C=O) groups excluding carboxylic acids is 2. The van der Waals surface area contributed by atoms with Crippen molar-refractivity contribution in [3.05, 3.63) is 0 Å². The smallest absolute Gasteiger partial charge is 0.229 e. The monoisotopic (exact) mass is 338 g/mol. The van der Waals surface area contributed by atoms with Gasteiger partial charge in [0, 0.05) is 32.1 Å². The summed E-state index contributed by atoms with van der Waals surface area (Å²) in [6.07, 6.45) is 1.56. The molecule has 6 heteroatoms. The number of nitrogens with zero attached hydrogens (tertiary/aromatic N) is 2. The van der Waals surface area contributed by atoms with Crippen LogP contribution in [0.4, 0.5) is 0 Å². The Morgan fingerprint density at radius 1 is 0.875 bits per heavy atom. The molecule has 0 aromatic heterocycles. The lowest BCUT2D eigenvalue weighted by Crippen LogP contribution is -2.54. The highest BCUT2D eigenvalue weighted by molar-refractivity contribution is 5.87. The molecule has 0 radical (unpaired) electrons. The second kappa shape index (κ2) is 6.64. The first-order valence-corrected chi connectivity index (χ1v) is 9.11. The van der Waals surface area contributed by atoms with Crippen LogP contribution in [0.5, 0.6) is 0 Å². The summed E-state index contributed by atoms with van der Waals surface area (Å²) >= 11 is 0. The molecule has 0 spiro atoms. The van der Waals surface area contributed by atoms with Crippen LogP contribution < -0.4 is 0 Å². The molecule has 0 bridgehead atoms. The minimum Gasteiger partial charge on any atom is -0.378 e. The third-order valence-electron chi connectivity index (χ3n) is 6.62. The molecule has 2 atom stereocenters. The van der Waals surface area contributed by atoms with Crippen LogP contribution in [0.15, 0.2) is 0 Å². The maximum Gasteiger partial charge on any atom is 0.229 e. The Morgan fingerprint density at radius 2 is 1.38 bits per heavy atom. The van der Waals surface area contributed by atoms with Crippen molar-refractivity contribution >= 4 is 11.8 Å². The fourth-order valence-electron chi connectivity index (χ4n) is 4.43. The van der Waals surface area contributed by atoms with E-state index in [9.17, 15) is 9.59 Å². The van der Waals surface area contributed by atoms with Gasteiger partial charge in [-0.05, 0) is 18.3 Å². The first kappa shape index (κ1) is 17.7. The third-order valence-corrected chi connectivity index (χ3v) is 6.62. The topological polar surface area (TPSA) is 59.1 Å². The van der Waals surface area contributed by atoms with E-state index >= 15 is 0 Å². The molecular weight excluding hydrogens is 308 g/mol. The van der Waals surface area contributed by atoms with E-state index in [1.54, 1.807) is 0 Å². The van der Waals surface area contributed by atoms with Gasteiger partial charge in [0.05, 0.1) is 31.8 Å². The van der Waals surface area contributed by atoms with Crippen LogP contribution in [0.25, 0.3) is 0 Å². The van der Waals surface area contributed by atoms with Crippen molar-refractivity contribution < 1.29 is 19.1 Å². The van der Waals surface area contributed by atoms with E-state index in [0.29, 0.717) is 52.6 Å². The number of morpholine rings is 2. The molecule has 2 heterocycles. The van der Waals surface area contributed by atoms with E-state index in [-0.39, 0.29) is 23.1 Å². The predicted molar refractivity (Wildman–Crippen MR) is 89.4 cm³/mol. The SMILES string of the molecule is CC1(C)[C@H](C(=O)N2CCOCC2)CC[C@@]1(C)C(=O)N1CCOCC1. The molecule has 0 aromatic carbocycles. The van der Waals surface area contributed by atoms with Crippen LogP contribution in [-0.2, 0) is 19.1 Å². The summed E-state index contributed by atoms with van der Waals surface area (Å²) in [5.41, 5.74) is -0.839. The van der Waals surface area contributed by atoms with Crippen LogP contribution in [0.3, 0.4) is 0 Å². The Balaban J connectivity index is 1.76. The highest BCUT2D eigenvalue weighted by Crippen LogP contribution is 2.57. The molecule has 0 aromatic rings. The van der Waals surface area contributed by atoms with Gasteiger partial charge in [0.25, 0.3) is 0 Å². The third kappa shape index (κ3) is 2.84. The Morgan fingerprint density at radius 3 is 1.92 bits per heavy atom. The van der Waals surface area contributed by atoms with E-state index in [1.807, 2.05) is 9.80 Å². The highest BCUT2D eigenvalue weighted by atomic mass is 16.5. The van der Waals surface area contributed by atoms with Crippen molar-refractivity contribution in [2.75, 3.05) is 52.6 Å². The zero-order valence-electron chi connectivity index (χ0n) is 15.2. The van der Waals surface area contributed by atoms with Gasteiger partial charge in [-0.2, -0.15) is 0 Å². The van der Waals surface area contributed by atoms with Crippen molar-refractivity contribution in [2.24, 2.45) is 16.7 Å². The van der Waals surface area contributed by atoms with Gasteiger partial charge in [0.1, 0.15) is 0 Å². The first-order chi connectivity index (χ1) is 11.4. The summed E-state index contributed by atoms with van der Waals surface area (Å²) in [4.78, 5) is 30.1. The minimum absolute atomic E-state index is 0.0920. The zero-order chi connectivity index (χ0) is 17.4. The number of hydrogen-bond donors (Lipinski definition) is 0. The lowest BCUT2D eigenvalue weighted by atomic mass is 9.64. The Hall–Kier alpha value is -1.14. The van der Waals surface area contributed by atoms with Gasteiger partial charge in [0.2, 0.25) is 11.8 Å². The van der Waals surface area contributed by atoms with Crippen LogP contribution >= 0.6 is 0 Å². The molecule has 2 saturated heterocycles. The molecule has 0 N–H and O–H groups in total. The van der Waals surface area contributed by atoms with E-state index in [0.717, 1.165) is 12.8 Å². The Kier molecular flexibility index (Phi) is 4.89. The molecule has 2 aliphatic heterocycles. The molecule has 2 amide bonds. The molecule has 3 aliphatic rings. The van der Waals surface area contributed by atoms with Crippen LogP contribution in [0.2, 0.25) is 0 Å². The van der Waals surface area contributed by atoms with Crippen LogP contribution in [-0.4, -0.2) is 74.2 Å². The number of ether oxygens (including phenoxy) is 2. The van der Waals surface area contributed by atoms with Crippen molar-refractivity contribution in [1.29, 1.82) is 0 Å². The fourth-order valence-corrected chi connectivity index (χ4v) is 4.43. The Bertz CT molecular complexity index is 495. The van der Waals surface area contributed by atoms with Crippen molar-refractivity contribution in [3.8, 4) is 0 Å². The van der Waals surface area contributed by atoms with Crippen molar-refractivity contribution in [2.45, 2.75) is 33.6 Å². The standard InChI is InChI=1S/C18H30N2O4/c1-17(2)14(15(21)19-6-10-23-11-7-19)4-5-18(17,3)16(22)20-8-12-24-13-9-20/h14H,4-13H2,1-3H3/t14-,18-/m0/s1. The van der Waals surface area contributed by atoms with Crippen LogP contribution in [0.1, 0.15) is 33.6 Å². The van der Waals surface area contributed by atoms with Crippen LogP contribution in [0, 0.1) is 16.7 Å². The number of hydrogen-bond acceptors (Lipinski definition) is 4. The highest BCUT2D eigenvalue weighted by Gasteiger charge is 2.59. The minimum atomic E-state index is -0.489. The van der Waals surface area contributed by atoms with E-state index in [1.165, 1.54) is 0 Å². The summed E-state index contributed by atoms with van der Waals surface area (Å²) in [7, 11) is 0. The summed E-state index contributed by atoms with van der Waals surface area (Å²) in [5, 5.41) is 0. The molecule has 1 saturated carbocycles. The molecule has 0 unspecified atom stereocenters. The van der Waals surface area contributed by atoms with Gasteiger partial charge in [-0.1, -0.05) is 20.8 Å².